The Morgan fingerprint density at radius 2 is 2.00 bits per heavy atom. The maximum absolute atomic E-state index is 12.4. The molecular weight excluding hydrogens is 310 g/mol. The molecule has 0 fully saturated rings. The molecule has 0 saturated heterocycles. The van der Waals surface area contributed by atoms with Crippen LogP contribution in [0.25, 0.3) is 5.69 Å². The zero-order chi connectivity index (χ0) is 17.4. The minimum absolute atomic E-state index is 0.00608. The first-order chi connectivity index (χ1) is 11.4. The molecule has 1 aromatic heterocycles. The number of carbonyl (C=O) groups is 2. The minimum atomic E-state index is -0.621. The molecule has 7 heteroatoms. The first-order valence-corrected chi connectivity index (χ1v) is 7.17. The van der Waals surface area contributed by atoms with Gasteiger partial charge in [0.05, 0.1) is 16.8 Å². The molecule has 2 amide bonds. The third-order valence-corrected chi connectivity index (χ3v) is 3.51. The van der Waals surface area contributed by atoms with Crippen molar-refractivity contribution < 1.29 is 14.3 Å². The first kappa shape index (κ1) is 15.5. The largest absolute Gasteiger partial charge is 0.489 e. The second kappa shape index (κ2) is 5.69. The van der Waals surface area contributed by atoms with Gasteiger partial charge in [-0.25, -0.2) is 0 Å². The summed E-state index contributed by atoms with van der Waals surface area (Å²) in [6.45, 7) is 5.94. The van der Waals surface area contributed by atoms with Crippen LogP contribution < -0.4 is 21.3 Å². The predicted octanol–water partition coefficient (Wildman–Crippen LogP) is 1.26. The van der Waals surface area contributed by atoms with Gasteiger partial charge in [-0.2, -0.15) is 0 Å². The lowest BCUT2D eigenvalue weighted by molar-refractivity contribution is 0.0880. The Kier molecular flexibility index (Phi) is 3.69. The molecular formula is C17H15N3O4. The van der Waals surface area contributed by atoms with Gasteiger partial charge in [0.25, 0.3) is 17.4 Å². The Balaban J connectivity index is 2.11. The van der Waals surface area contributed by atoms with Crippen LogP contribution in [0.5, 0.6) is 5.75 Å². The molecule has 3 rings (SSSR count). The molecule has 0 bridgehead atoms. The molecule has 7 nitrogen and oxygen atoms in total. The highest BCUT2D eigenvalue weighted by atomic mass is 16.5. The topological polar surface area (TPSA) is 103 Å². The number of pyridine rings is 1. The third-order valence-electron chi connectivity index (χ3n) is 3.51. The van der Waals surface area contributed by atoms with Crippen molar-refractivity contribution in [1.82, 2.24) is 9.88 Å². The number of hydrogen-bond donors (Lipinski definition) is 2. The van der Waals surface area contributed by atoms with E-state index in [1.54, 1.807) is 24.3 Å². The Hall–Kier alpha value is -3.35. The maximum atomic E-state index is 12.4. The van der Waals surface area contributed by atoms with Gasteiger partial charge >= 0.3 is 0 Å². The third kappa shape index (κ3) is 2.56. The van der Waals surface area contributed by atoms with E-state index in [1.165, 1.54) is 4.57 Å². The average molecular weight is 325 g/mol. The fourth-order valence-corrected chi connectivity index (χ4v) is 2.46. The van der Waals surface area contributed by atoms with Crippen molar-refractivity contribution in [2.24, 2.45) is 0 Å². The summed E-state index contributed by atoms with van der Waals surface area (Å²) in [7, 11) is 0. The first-order valence-electron chi connectivity index (χ1n) is 7.17. The summed E-state index contributed by atoms with van der Waals surface area (Å²) in [6.07, 6.45) is 0. The summed E-state index contributed by atoms with van der Waals surface area (Å²) in [6, 6.07) is 7.83. The van der Waals surface area contributed by atoms with Crippen LogP contribution in [0.1, 0.15) is 27.6 Å². The van der Waals surface area contributed by atoms with Gasteiger partial charge in [-0.3, -0.25) is 24.3 Å². The smallest absolute Gasteiger partial charge is 0.262 e. The highest BCUT2D eigenvalue weighted by Crippen LogP contribution is 2.24. The summed E-state index contributed by atoms with van der Waals surface area (Å²) in [5.74, 6) is -0.791. The molecule has 0 radical (unpaired) electrons. The van der Waals surface area contributed by atoms with Crippen molar-refractivity contribution in [2.45, 2.75) is 6.92 Å². The molecule has 0 saturated carbocycles. The SMILES string of the molecule is C=C(C)COc1cccc(-n2c(N)c3c(cc2=O)C(=O)NC3=O)c1. The summed E-state index contributed by atoms with van der Waals surface area (Å²) in [5, 5.41) is 2.13. The standard InChI is InChI=1S/C17H15N3O4/c1-9(2)8-24-11-5-3-4-10(6-11)20-13(21)7-12-14(15(20)18)17(23)19-16(12)22/h3-7H,1,8,18H2,2H3,(H,19,22,23). The van der Waals surface area contributed by atoms with E-state index in [0.717, 1.165) is 11.6 Å². The number of nitrogens with one attached hydrogen (secondary N) is 1. The summed E-state index contributed by atoms with van der Waals surface area (Å²) < 4.78 is 6.72. The van der Waals surface area contributed by atoms with E-state index in [-0.39, 0.29) is 16.9 Å². The van der Waals surface area contributed by atoms with Gasteiger partial charge in [-0.15, -0.1) is 0 Å². The fraction of sp³-hybridized carbons (Fsp3) is 0.118. The predicted molar refractivity (Wildman–Crippen MR) is 88.6 cm³/mol. The summed E-state index contributed by atoms with van der Waals surface area (Å²) in [4.78, 5) is 35.9. The van der Waals surface area contributed by atoms with Crippen molar-refractivity contribution in [2.75, 3.05) is 12.3 Å². The molecule has 1 aromatic carbocycles. The number of aromatic nitrogens is 1. The van der Waals surface area contributed by atoms with Crippen molar-refractivity contribution >= 4 is 17.6 Å². The molecule has 0 aliphatic carbocycles. The molecule has 2 aromatic rings. The van der Waals surface area contributed by atoms with Gasteiger partial charge in [-0.05, 0) is 24.6 Å². The van der Waals surface area contributed by atoms with Crippen LogP contribution in [-0.2, 0) is 0 Å². The van der Waals surface area contributed by atoms with Crippen LogP contribution in [0.2, 0.25) is 0 Å². The van der Waals surface area contributed by atoms with Crippen molar-refractivity contribution in [3.63, 3.8) is 0 Å². The lowest BCUT2D eigenvalue weighted by Crippen LogP contribution is -2.24. The number of fused-ring (bicyclic) bond motifs is 1. The molecule has 1 aliphatic rings. The van der Waals surface area contributed by atoms with E-state index in [1.807, 2.05) is 6.92 Å². The molecule has 1 aliphatic heterocycles. The van der Waals surface area contributed by atoms with Gasteiger partial charge in [-0.1, -0.05) is 12.6 Å². The fourth-order valence-electron chi connectivity index (χ4n) is 2.46. The minimum Gasteiger partial charge on any atom is -0.489 e. The van der Waals surface area contributed by atoms with E-state index in [2.05, 4.69) is 11.9 Å². The van der Waals surface area contributed by atoms with Crippen LogP contribution in [0.3, 0.4) is 0 Å². The number of rotatable bonds is 4. The molecule has 0 unspecified atom stereocenters. The summed E-state index contributed by atoms with van der Waals surface area (Å²) in [5.41, 5.74) is 6.77. The van der Waals surface area contributed by atoms with E-state index < -0.39 is 17.4 Å². The maximum Gasteiger partial charge on any atom is 0.262 e. The van der Waals surface area contributed by atoms with E-state index >= 15 is 0 Å². The molecule has 0 atom stereocenters. The quantitative estimate of drug-likeness (QED) is 0.650. The van der Waals surface area contributed by atoms with Crippen LogP contribution in [0.4, 0.5) is 5.82 Å². The monoisotopic (exact) mass is 325 g/mol. The highest BCUT2D eigenvalue weighted by Gasteiger charge is 2.31. The number of nitrogens with zero attached hydrogens (tertiary/aromatic N) is 1. The van der Waals surface area contributed by atoms with E-state index in [9.17, 15) is 14.4 Å². The van der Waals surface area contributed by atoms with Crippen molar-refractivity contribution in [3.8, 4) is 11.4 Å². The van der Waals surface area contributed by atoms with Gasteiger partial charge in [0.1, 0.15) is 18.2 Å². The number of carbonyl (C=O) groups excluding carboxylic acids is 2. The Labute approximate surface area is 137 Å². The second-order valence-corrected chi connectivity index (χ2v) is 5.52. The average Bonchev–Trinajstić information content (AvgIpc) is 2.80. The number of benzene rings is 1. The summed E-state index contributed by atoms with van der Waals surface area (Å²) >= 11 is 0. The molecule has 0 spiro atoms. The number of nitrogens with two attached hydrogens (primary N) is 1. The lowest BCUT2D eigenvalue weighted by atomic mass is 10.1. The van der Waals surface area contributed by atoms with Crippen LogP contribution in [-0.4, -0.2) is 23.0 Å². The van der Waals surface area contributed by atoms with Gasteiger partial charge in [0.15, 0.2) is 0 Å². The van der Waals surface area contributed by atoms with Gasteiger partial charge < -0.3 is 10.5 Å². The van der Waals surface area contributed by atoms with Gasteiger partial charge in [0.2, 0.25) is 0 Å². The van der Waals surface area contributed by atoms with Crippen molar-refractivity contribution in [3.05, 3.63) is 64.0 Å². The van der Waals surface area contributed by atoms with Crippen LogP contribution >= 0.6 is 0 Å². The van der Waals surface area contributed by atoms with E-state index in [0.29, 0.717) is 18.0 Å². The number of nitrogen functional groups attached to an aromatic ring is 1. The van der Waals surface area contributed by atoms with E-state index in [4.69, 9.17) is 10.5 Å². The second-order valence-electron chi connectivity index (χ2n) is 5.52. The van der Waals surface area contributed by atoms with Crippen molar-refractivity contribution in [1.29, 1.82) is 0 Å². The number of anilines is 1. The molecule has 122 valence electrons. The Morgan fingerprint density at radius 3 is 2.71 bits per heavy atom. The van der Waals surface area contributed by atoms with Gasteiger partial charge in [0, 0.05) is 12.1 Å². The number of hydrogen-bond acceptors (Lipinski definition) is 5. The van der Waals surface area contributed by atoms with Crippen LogP contribution in [0, 0.1) is 0 Å². The molecule has 3 N–H and O–H groups in total. The molecule has 2 heterocycles. The number of imide groups is 1. The zero-order valence-corrected chi connectivity index (χ0v) is 13.0. The Bertz CT molecular complexity index is 943. The lowest BCUT2D eigenvalue weighted by Gasteiger charge is -2.13. The number of ether oxygens (including phenoxy) is 1. The zero-order valence-electron chi connectivity index (χ0n) is 13.0. The normalized spacial score (nSPS) is 12.7. The highest BCUT2D eigenvalue weighted by molar-refractivity contribution is 6.23. The Morgan fingerprint density at radius 1 is 1.25 bits per heavy atom. The van der Waals surface area contributed by atoms with Crippen LogP contribution in [0.15, 0.2) is 47.3 Å². The molecule has 24 heavy (non-hydrogen) atoms. The number of amides is 2.